The van der Waals surface area contributed by atoms with E-state index in [1.807, 2.05) is 4.68 Å². The van der Waals surface area contributed by atoms with Crippen molar-refractivity contribution in [3.05, 3.63) is 46.0 Å². The van der Waals surface area contributed by atoms with Crippen molar-refractivity contribution in [3.8, 4) is 0 Å². The normalized spacial score (nSPS) is 15.2. The van der Waals surface area contributed by atoms with Crippen LogP contribution in [0.4, 0.5) is 0 Å². The quantitative estimate of drug-likeness (QED) is 0.750. The summed E-state index contributed by atoms with van der Waals surface area (Å²) in [5.41, 5.74) is 2.88. The topological polar surface area (TPSA) is 26.0 Å². The van der Waals surface area contributed by atoms with E-state index in [4.69, 9.17) is 12.2 Å². The van der Waals surface area contributed by atoms with Crippen LogP contribution in [0.1, 0.15) is 56.6 Å². The van der Waals surface area contributed by atoms with Gasteiger partial charge in [-0.1, -0.05) is 45.0 Å². The Morgan fingerprint density at radius 2 is 1.83 bits per heavy atom. The molecule has 0 amide bonds. The predicted molar refractivity (Wildman–Crippen MR) is 101 cm³/mol. The minimum absolute atomic E-state index is 0.199. The van der Waals surface area contributed by atoms with Crippen LogP contribution in [-0.4, -0.2) is 26.3 Å². The lowest BCUT2D eigenvalue weighted by Gasteiger charge is -2.20. The first-order chi connectivity index (χ1) is 11.3. The molecule has 1 aromatic heterocycles. The van der Waals surface area contributed by atoms with Gasteiger partial charge in [-0.3, -0.25) is 4.90 Å². The highest BCUT2D eigenvalue weighted by molar-refractivity contribution is 7.71. The second-order valence-electron chi connectivity index (χ2n) is 8.03. The summed E-state index contributed by atoms with van der Waals surface area (Å²) in [6, 6.07) is 9.51. The van der Waals surface area contributed by atoms with Crippen LogP contribution in [0.3, 0.4) is 0 Å². The molecule has 0 atom stereocenters. The van der Waals surface area contributed by atoms with Gasteiger partial charge in [-0.05, 0) is 55.6 Å². The highest BCUT2D eigenvalue weighted by atomic mass is 32.1. The van der Waals surface area contributed by atoms with E-state index in [2.05, 4.69) is 73.6 Å². The Morgan fingerprint density at radius 3 is 2.38 bits per heavy atom. The zero-order valence-electron chi connectivity index (χ0n) is 15.4. The molecule has 5 heteroatoms. The first-order valence-electron chi connectivity index (χ1n) is 8.69. The number of nitrogens with zero attached hydrogens (tertiary/aromatic N) is 4. The van der Waals surface area contributed by atoms with Gasteiger partial charge < -0.3 is 4.57 Å². The summed E-state index contributed by atoms with van der Waals surface area (Å²) in [6.45, 7) is 10.4. The van der Waals surface area contributed by atoms with Gasteiger partial charge in [-0.2, -0.15) is 5.10 Å². The largest absolute Gasteiger partial charge is 0.301 e. The molecule has 4 nitrogen and oxygen atoms in total. The van der Waals surface area contributed by atoms with E-state index < -0.39 is 0 Å². The first-order valence-corrected chi connectivity index (χ1v) is 9.10. The molecule has 1 fully saturated rings. The molecule has 3 rings (SSSR count). The molecule has 1 aliphatic rings. The van der Waals surface area contributed by atoms with Crippen molar-refractivity contribution < 1.29 is 0 Å². The van der Waals surface area contributed by atoms with Crippen LogP contribution >= 0.6 is 12.2 Å². The van der Waals surface area contributed by atoms with Crippen LogP contribution < -0.4 is 0 Å². The Labute approximate surface area is 150 Å². The molecule has 24 heavy (non-hydrogen) atoms. The van der Waals surface area contributed by atoms with Gasteiger partial charge in [-0.15, -0.1) is 0 Å². The molecule has 0 aliphatic heterocycles. The van der Waals surface area contributed by atoms with Crippen LogP contribution in [-0.2, 0) is 18.6 Å². The Hall–Kier alpha value is -1.46. The van der Waals surface area contributed by atoms with E-state index >= 15 is 0 Å². The summed E-state index contributed by atoms with van der Waals surface area (Å²) < 4.78 is 5.01. The van der Waals surface area contributed by atoms with Crippen molar-refractivity contribution >= 4 is 12.2 Å². The fourth-order valence-corrected chi connectivity index (χ4v) is 3.45. The smallest absolute Gasteiger partial charge is 0.199 e. The highest BCUT2D eigenvalue weighted by Crippen LogP contribution is 2.35. The third kappa shape index (κ3) is 3.78. The number of hydrogen-bond donors (Lipinski definition) is 0. The SMILES string of the molecule is Cc1nn(CN(C)Cc2ccc(C(C)(C)C)cc2)c(=S)n1C1CC1. The summed E-state index contributed by atoms with van der Waals surface area (Å²) in [4.78, 5) is 2.26. The molecular formula is C19H28N4S. The molecule has 1 heterocycles. The molecule has 0 bridgehead atoms. The maximum atomic E-state index is 5.61. The summed E-state index contributed by atoms with van der Waals surface area (Å²) in [5, 5.41) is 4.63. The summed E-state index contributed by atoms with van der Waals surface area (Å²) in [7, 11) is 2.12. The summed E-state index contributed by atoms with van der Waals surface area (Å²) >= 11 is 5.61. The highest BCUT2D eigenvalue weighted by Gasteiger charge is 2.27. The van der Waals surface area contributed by atoms with Crippen molar-refractivity contribution in [1.29, 1.82) is 0 Å². The van der Waals surface area contributed by atoms with E-state index in [-0.39, 0.29) is 5.41 Å². The van der Waals surface area contributed by atoms with Gasteiger partial charge in [0.1, 0.15) is 5.82 Å². The van der Waals surface area contributed by atoms with Crippen LogP contribution in [0.2, 0.25) is 0 Å². The second kappa shape index (κ2) is 6.45. The van der Waals surface area contributed by atoms with E-state index in [0.717, 1.165) is 23.8 Å². The fraction of sp³-hybridized carbons (Fsp3) is 0.579. The Kier molecular flexibility index (Phi) is 4.67. The maximum absolute atomic E-state index is 5.61. The average molecular weight is 345 g/mol. The summed E-state index contributed by atoms with van der Waals surface area (Å²) in [6.07, 6.45) is 2.47. The van der Waals surface area contributed by atoms with Crippen molar-refractivity contribution in [2.45, 2.75) is 65.2 Å². The van der Waals surface area contributed by atoms with Crippen molar-refractivity contribution in [1.82, 2.24) is 19.2 Å². The zero-order chi connectivity index (χ0) is 17.5. The molecule has 130 valence electrons. The van der Waals surface area contributed by atoms with Gasteiger partial charge in [0.05, 0.1) is 6.67 Å². The number of aromatic nitrogens is 3. The summed E-state index contributed by atoms with van der Waals surface area (Å²) in [5.74, 6) is 1.03. The number of aryl methyl sites for hydroxylation is 1. The lowest BCUT2D eigenvalue weighted by Crippen LogP contribution is -2.22. The zero-order valence-corrected chi connectivity index (χ0v) is 16.2. The third-order valence-electron chi connectivity index (χ3n) is 4.60. The van der Waals surface area contributed by atoms with E-state index in [1.54, 1.807) is 0 Å². The van der Waals surface area contributed by atoms with Crippen molar-refractivity contribution in [2.75, 3.05) is 7.05 Å². The second-order valence-corrected chi connectivity index (χ2v) is 8.40. The standard InChI is InChI=1S/C19H28N4S/c1-14-20-22(18(24)23(14)17-10-11-17)13-21(5)12-15-6-8-16(9-7-15)19(2,3)4/h6-9,17H,10-13H2,1-5H3. The fourth-order valence-electron chi connectivity index (χ4n) is 3.07. The number of rotatable bonds is 5. The molecule has 0 unspecified atom stereocenters. The van der Waals surface area contributed by atoms with E-state index in [1.165, 1.54) is 24.0 Å². The van der Waals surface area contributed by atoms with Gasteiger partial charge in [0.25, 0.3) is 0 Å². The van der Waals surface area contributed by atoms with Gasteiger partial charge >= 0.3 is 0 Å². The minimum atomic E-state index is 0.199. The minimum Gasteiger partial charge on any atom is -0.301 e. The Morgan fingerprint density at radius 1 is 1.21 bits per heavy atom. The molecule has 1 aliphatic carbocycles. The van der Waals surface area contributed by atoms with Crippen LogP contribution in [0, 0.1) is 11.7 Å². The third-order valence-corrected chi connectivity index (χ3v) is 5.01. The van der Waals surface area contributed by atoms with E-state index in [9.17, 15) is 0 Å². The lowest BCUT2D eigenvalue weighted by molar-refractivity contribution is 0.243. The first kappa shape index (κ1) is 17.4. The number of hydrogen-bond acceptors (Lipinski definition) is 3. The van der Waals surface area contributed by atoms with Crippen LogP contribution in [0.25, 0.3) is 0 Å². The molecule has 2 aromatic rings. The van der Waals surface area contributed by atoms with Gasteiger partial charge in [0, 0.05) is 12.6 Å². The Bertz CT molecular complexity index is 760. The van der Waals surface area contributed by atoms with Gasteiger partial charge in [-0.25, -0.2) is 4.68 Å². The monoisotopic (exact) mass is 344 g/mol. The van der Waals surface area contributed by atoms with E-state index in [0.29, 0.717) is 6.04 Å². The van der Waals surface area contributed by atoms with Crippen molar-refractivity contribution in [2.24, 2.45) is 0 Å². The molecule has 0 spiro atoms. The van der Waals surface area contributed by atoms with Crippen molar-refractivity contribution in [3.63, 3.8) is 0 Å². The van der Waals surface area contributed by atoms with Gasteiger partial charge in [0.15, 0.2) is 4.77 Å². The molecule has 0 saturated heterocycles. The van der Waals surface area contributed by atoms with Crippen LogP contribution in [0.5, 0.6) is 0 Å². The molecule has 0 N–H and O–H groups in total. The lowest BCUT2D eigenvalue weighted by atomic mass is 9.87. The maximum Gasteiger partial charge on any atom is 0.199 e. The molecule has 1 aromatic carbocycles. The van der Waals surface area contributed by atoms with Gasteiger partial charge in [0.2, 0.25) is 0 Å². The average Bonchev–Trinajstić information content (AvgIpc) is 3.27. The Balaban J connectivity index is 1.67. The molecule has 0 radical (unpaired) electrons. The van der Waals surface area contributed by atoms with Crippen LogP contribution in [0.15, 0.2) is 24.3 Å². The molecular weight excluding hydrogens is 316 g/mol. The predicted octanol–water partition coefficient (Wildman–Crippen LogP) is 4.44. The molecule has 1 saturated carbocycles. The number of benzene rings is 1.